The number of carbonyl (C=O) groups excluding carboxylic acids is 1. The Kier molecular flexibility index (Phi) is 13.2. The van der Waals surface area contributed by atoms with Crippen LogP contribution < -0.4 is 15.4 Å². The monoisotopic (exact) mass is 776 g/mol. The van der Waals surface area contributed by atoms with Crippen molar-refractivity contribution in [3.63, 3.8) is 0 Å². The van der Waals surface area contributed by atoms with Crippen LogP contribution in [0.15, 0.2) is 47.5 Å². The maximum Gasteiger partial charge on any atom is 0.282 e. The number of nitrogens with one attached hydrogen (secondary N) is 2. The van der Waals surface area contributed by atoms with Crippen LogP contribution in [0.3, 0.4) is 0 Å². The van der Waals surface area contributed by atoms with E-state index in [9.17, 15) is 13.2 Å². The summed E-state index contributed by atoms with van der Waals surface area (Å²) in [5.74, 6) is 4.22. The van der Waals surface area contributed by atoms with Crippen LogP contribution in [0.5, 0.6) is 5.75 Å². The molecule has 2 aliphatic rings. The number of nitrogens with zero attached hydrogens (tertiary/aromatic N) is 4. The summed E-state index contributed by atoms with van der Waals surface area (Å²) in [6, 6.07) is 10.8. The van der Waals surface area contributed by atoms with E-state index in [4.69, 9.17) is 28.6 Å². The van der Waals surface area contributed by atoms with E-state index in [0.29, 0.717) is 36.0 Å². The van der Waals surface area contributed by atoms with E-state index >= 15 is 0 Å². The molecular weight excluding hydrogens is 732 g/mol. The van der Waals surface area contributed by atoms with Crippen LogP contribution in [-0.4, -0.2) is 93.2 Å². The Bertz CT molecular complexity index is 1800. The van der Waals surface area contributed by atoms with E-state index in [2.05, 4.69) is 38.5 Å². The van der Waals surface area contributed by atoms with Crippen LogP contribution in [0.25, 0.3) is 0 Å². The number of benzene rings is 2. The predicted molar refractivity (Wildman–Crippen MR) is 212 cm³/mol. The van der Waals surface area contributed by atoms with Crippen molar-refractivity contribution in [2.45, 2.75) is 69.6 Å². The minimum Gasteiger partial charge on any atom is -0.489 e. The molecule has 0 bridgehead atoms. The second-order valence-electron chi connectivity index (χ2n) is 12.9. The van der Waals surface area contributed by atoms with Gasteiger partial charge >= 0.3 is 0 Å². The van der Waals surface area contributed by atoms with E-state index in [1.165, 1.54) is 23.5 Å². The lowest BCUT2D eigenvalue weighted by atomic mass is 9.86. The van der Waals surface area contributed by atoms with E-state index in [1.54, 1.807) is 38.1 Å². The molecule has 0 radical (unpaired) electrons. The third-order valence-corrected chi connectivity index (χ3v) is 13.6. The first-order valence-corrected chi connectivity index (χ1v) is 21.3. The lowest BCUT2D eigenvalue weighted by molar-refractivity contribution is 0.205. The molecule has 15 heteroatoms. The fraction of sp³-hybridized carbons (Fsp3) is 0.486. The molecule has 0 atom stereocenters. The van der Waals surface area contributed by atoms with Crippen molar-refractivity contribution in [3.05, 3.63) is 58.7 Å². The number of amides is 1. The number of likely N-dealkylation sites (tertiary alicyclic amines) is 1. The van der Waals surface area contributed by atoms with E-state index < -0.39 is 15.1 Å². The highest BCUT2D eigenvalue weighted by atomic mass is 35.5. The van der Waals surface area contributed by atoms with E-state index in [-0.39, 0.29) is 38.9 Å². The zero-order chi connectivity index (χ0) is 36.0. The molecule has 50 heavy (non-hydrogen) atoms. The number of ether oxygens (including phenoxy) is 1. The van der Waals surface area contributed by atoms with Crippen LogP contribution in [0, 0.1) is 6.92 Å². The molecule has 0 unspecified atom stereocenters. The first-order chi connectivity index (χ1) is 23.8. The fourth-order valence-corrected chi connectivity index (χ4v) is 9.32. The van der Waals surface area contributed by atoms with Crippen molar-refractivity contribution < 1.29 is 17.9 Å². The van der Waals surface area contributed by atoms with Crippen molar-refractivity contribution in [1.29, 1.82) is 0 Å². The van der Waals surface area contributed by atoms with Gasteiger partial charge in [-0.05, 0) is 88.8 Å². The minimum atomic E-state index is -3.56. The van der Waals surface area contributed by atoms with Gasteiger partial charge in [0.05, 0.1) is 44.6 Å². The summed E-state index contributed by atoms with van der Waals surface area (Å²) in [5.41, 5.74) is 3.36. The maximum atomic E-state index is 13.1. The van der Waals surface area contributed by atoms with Crippen LogP contribution in [0.4, 0.5) is 27.9 Å². The van der Waals surface area contributed by atoms with Gasteiger partial charge in [-0.15, -0.1) is 0 Å². The van der Waals surface area contributed by atoms with Gasteiger partial charge in [-0.2, -0.15) is 16.7 Å². The normalized spacial score (nSPS) is 15.8. The second kappa shape index (κ2) is 17.2. The summed E-state index contributed by atoms with van der Waals surface area (Å²) in [7, 11) is -3.56. The number of aryl methyl sites for hydroxylation is 1. The highest BCUT2D eigenvalue weighted by Crippen LogP contribution is 2.39. The molecule has 2 fully saturated rings. The second-order valence-corrected chi connectivity index (χ2v) is 18.4. The van der Waals surface area contributed by atoms with Gasteiger partial charge in [0.15, 0.2) is 15.7 Å². The number of carbonyl (C=O) groups is 1. The number of hydrogen-bond acceptors (Lipinski definition) is 11. The molecule has 2 N–H and O–H groups in total. The molecule has 1 aromatic heterocycles. The molecule has 270 valence electrons. The van der Waals surface area contributed by atoms with Gasteiger partial charge in [-0.1, -0.05) is 47.7 Å². The molecule has 2 aliphatic heterocycles. The quantitative estimate of drug-likeness (QED) is 0.183. The predicted octanol–water partition coefficient (Wildman–Crippen LogP) is 8.30. The third kappa shape index (κ3) is 9.55. The highest BCUT2D eigenvalue weighted by Gasteiger charge is 2.27. The van der Waals surface area contributed by atoms with Gasteiger partial charge in [0.1, 0.15) is 10.8 Å². The summed E-state index contributed by atoms with van der Waals surface area (Å²) in [6.45, 7) is 12.6. The van der Waals surface area contributed by atoms with Gasteiger partial charge in [-0.25, -0.2) is 13.4 Å². The topological polar surface area (TPSA) is 117 Å². The van der Waals surface area contributed by atoms with Crippen LogP contribution in [-0.2, 0) is 9.84 Å². The molecule has 0 saturated carbocycles. The number of thioether (sulfide) groups is 2. The molecule has 3 heterocycles. The highest BCUT2D eigenvalue weighted by molar-refractivity contribution is 8.14. The average Bonchev–Trinajstić information content (AvgIpc) is 3.10. The zero-order valence-electron chi connectivity index (χ0n) is 29.1. The number of halogens is 1. The molecule has 5 rings (SSSR count). The molecular formula is C35H45ClN6O4S4. The zero-order valence-corrected chi connectivity index (χ0v) is 33.1. The number of sulfone groups is 1. The van der Waals surface area contributed by atoms with Crippen LogP contribution in [0.1, 0.15) is 57.6 Å². The number of aromatic nitrogens is 2. The number of hydrogen-bond donors (Lipinski definition) is 2. The summed E-state index contributed by atoms with van der Waals surface area (Å²) >= 11 is 15.4. The van der Waals surface area contributed by atoms with Crippen molar-refractivity contribution >= 4 is 90.5 Å². The molecule has 0 aliphatic carbocycles. The Morgan fingerprint density at radius 1 is 1.06 bits per heavy atom. The number of piperidine rings is 1. The lowest BCUT2D eigenvalue weighted by Gasteiger charge is -2.33. The molecule has 2 aromatic carbocycles. The molecule has 0 spiro atoms. The fourth-order valence-electron chi connectivity index (χ4n) is 5.92. The summed E-state index contributed by atoms with van der Waals surface area (Å²) in [4.78, 5) is 27.3. The van der Waals surface area contributed by atoms with Gasteiger partial charge in [-0.3, -0.25) is 4.79 Å². The Hall–Kier alpha value is -2.78. The lowest BCUT2D eigenvalue weighted by Crippen LogP contribution is -2.39. The largest absolute Gasteiger partial charge is 0.489 e. The SMILES string of the molecule is Cc1cc(Nc2ncc(Cl)c(Nc3ccccc3S(=O)(=O)C(C)C)n2)c(OC(C)C)cc1C1CCN(C(=O)SCC(=S)N2CCSCC2)CC1. The van der Waals surface area contributed by atoms with Crippen molar-refractivity contribution in [3.8, 4) is 5.75 Å². The Balaban J connectivity index is 1.28. The third-order valence-electron chi connectivity index (χ3n) is 8.66. The number of para-hydroxylation sites is 1. The first-order valence-electron chi connectivity index (χ1n) is 16.8. The summed E-state index contributed by atoms with van der Waals surface area (Å²) in [5, 5.41) is 6.15. The minimum absolute atomic E-state index is 0.0832. The van der Waals surface area contributed by atoms with Crippen molar-refractivity contribution in [2.75, 3.05) is 54.1 Å². The van der Waals surface area contributed by atoms with Gasteiger partial charge < -0.3 is 25.2 Å². The molecule has 1 amide bonds. The summed E-state index contributed by atoms with van der Waals surface area (Å²) in [6.07, 6.45) is 3.10. The number of anilines is 4. The van der Waals surface area contributed by atoms with E-state index in [0.717, 1.165) is 48.0 Å². The van der Waals surface area contributed by atoms with Gasteiger partial charge in [0, 0.05) is 37.7 Å². The number of thiocarbonyl (C=S) groups is 1. The standard InChI is InChI=1S/C35H45ClN6O4S4/c1-22(2)46-30-19-26(25-10-12-42(13-11-25)35(43)49-21-32(47)41-14-16-48-17-15-41)24(5)18-29(30)39-34-37-20-27(36)33(40-34)38-28-8-6-7-9-31(28)50(44,45)23(3)4/h6-9,18-20,22-23,25H,10-17,21H2,1-5H3,(H2,37,38,39,40). The average molecular weight is 778 g/mol. The van der Waals surface area contributed by atoms with Gasteiger partial charge in [0.2, 0.25) is 5.95 Å². The molecule has 10 nitrogen and oxygen atoms in total. The Morgan fingerprint density at radius 2 is 1.76 bits per heavy atom. The smallest absolute Gasteiger partial charge is 0.282 e. The van der Waals surface area contributed by atoms with Crippen molar-refractivity contribution in [1.82, 2.24) is 19.8 Å². The number of rotatable bonds is 11. The van der Waals surface area contributed by atoms with Gasteiger partial charge in [0.25, 0.3) is 5.24 Å². The summed E-state index contributed by atoms with van der Waals surface area (Å²) < 4.78 is 32.3. The van der Waals surface area contributed by atoms with Crippen LogP contribution >= 0.6 is 47.3 Å². The van der Waals surface area contributed by atoms with Crippen LogP contribution in [0.2, 0.25) is 5.02 Å². The molecule has 2 saturated heterocycles. The Labute approximate surface area is 314 Å². The molecule has 3 aromatic rings. The Morgan fingerprint density at radius 3 is 2.44 bits per heavy atom. The van der Waals surface area contributed by atoms with E-state index in [1.807, 2.05) is 36.6 Å². The maximum absolute atomic E-state index is 13.1. The first kappa shape index (κ1) is 38.5. The van der Waals surface area contributed by atoms with Crippen molar-refractivity contribution in [2.24, 2.45) is 0 Å².